The van der Waals surface area contributed by atoms with Crippen LogP contribution in [0.15, 0.2) is 0 Å². The molecule has 0 aliphatic rings. The quantitative estimate of drug-likeness (QED) is 0.0222. The van der Waals surface area contributed by atoms with Gasteiger partial charge >= 0.3 is 39.5 Å². The molecular weight excluding hydrogens is 1350 g/mol. The molecule has 17 nitrogen and oxygen atoms in total. The van der Waals surface area contributed by atoms with Gasteiger partial charge in [0.05, 0.1) is 26.4 Å². The van der Waals surface area contributed by atoms with Crippen molar-refractivity contribution < 1.29 is 80.2 Å². The van der Waals surface area contributed by atoms with Gasteiger partial charge in [0.1, 0.15) is 19.3 Å². The second-order valence-corrected chi connectivity index (χ2v) is 35.4. The van der Waals surface area contributed by atoms with Crippen molar-refractivity contribution in [1.82, 2.24) is 0 Å². The number of rotatable bonds is 82. The van der Waals surface area contributed by atoms with Crippen LogP contribution >= 0.6 is 15.6 Å². The minimum absolute atomic E-state index is 0.107. The average molecular weight is 1520 g/mol. The first kappa shape index (κ1) is 102. The molecule has 3 unspecified atom stereocenters. The Labute approximate surface area is 638 Å². The summed E-state index contributed by atoms with van der Waals surface area (Å²) in [6.07, 6.45) is 62.5. The maximum absolute atomic E-state index is 13.1. The van der Waals surface area contributed by atoms with E-state index in [-0.39, 0.29) is 25.7 Å². The molecule has 0 radical (unpaired) electrons. The lowest BCUT2D eigenvalue weighted by molar-refractivity contribution is -0.161. The summed E-state index contributed by atoms with van der Waals surface area (Å²) in [5.74, 6) is 1.01. The second-order valence-electron chi connectivity index (χ2n) is 32.5. The minimum Gasteiger partial charge on any atom is -0.462 e. The van der Waals surface area contributed by atoms with Gasteiger partial charge < -0.3 is 33.8 Å². The fourth-order valence-corrected chi connectivity index (χ4v) is 14.7. The first-order chi connectivity index (χ1) is 50.1. The third kappa shape index (κ3) is 78.2. The highest BCUT2D eigenvalue weighted by molar-refractivity contribution is 7.47. The Hall–Kier alpha value is -1.94. The lowest BCUT2D eigenvalue weighted by Crippen LogP contribution is -2.30. The fraction of sp³-hybridized carbons (Fsp3) is 0.953. The van der Waals surface area contributed by atoms with E-state index in [1.165, 1.54) is 238 Å². The average Bonchev–Trinajstić information content (AvgIpc) is 0.905. The monoisotopic (exact) mass is 1520 g/mol. The molecule has 104 heavy (non-hydrogen) atoms. The van der Waals surface area contributed by atoms with Gasteiger partial charge in [0.15, 0.2) is 12.2 Å². The number of phosphoric ester groups is 2. The molecular formula is C85H166O17P2. The van der Waals surface area contributed by atoms with E-state index in [0.717, 1.165) is 114 Å². The molecule has 0 aromatic heterocycles. The normalized spacial score (nSPS) is 14.0. The van der Waals surface area contributed by atoms with Crippen molar-refractivity contribution in [1.29, 1.82) is 0 Å². The number of hydrogen-bond donors (Lipinski definition) is 3. The van der Waals surface area contributed by atoms with Crippen molar-refractivity contribution in [2.45, 2.75) is 459 Å². The van der Waals surface area contributed by atoms with E-state index in [2.05, 4.69) is 55.4 Å². The van der Waals surface area contributed by atoms with Gasteiger partial charge in [-0.3, -0.25) is 37.3 Å². The van der Waals surface area contributed by atoms with E-state index in [1.54, 1.807) is 0 Å². The van der Waals surface area contributed by atoms with Crippen LogP contribution in [0, 0.1) is 23.7 Å². The predicted octanol–water partition coefficient (Wildman–Crippen LogP) is 25.6. The maximum Gasteiger partial charge on any atom is 0.472 e. The van der Waals surface area contributed by atoms with Crippen LogP contribution < -0.4 is 0 Å². The molecule has 3 N–H and O–H groups in total. The number of hydrogen-bond acceptors (Lipinski definition) is 15. The van der Waals surface area contributed by atoms with Crippen LogP contribution in [0.4, 0.5) is 0 Å². The third-order valence-corrected chi connectivity index (χ3v) is 21.7. The highest BCUT2D eigenvalue weighted by atomic mass is 31.2. The van der Waals surface area contributed by atoms with E-state index in [4.69, 9.17) is 37.0 Å². The summed E-state index contributed by atoms with van der Waals surface area (Å²) in [4.78, 5) is 73.2. The maximum atomic E-state index is 13.1. The number of aliphatic hydroxyl groups is 1. The predicted molar refractivity (Wildman–Crippen MR) is 428 cm³/mol. The molecule has 0 saturated carbocycles. The Morgan fingerprint density at radius 3 is 0.596 bits per heavy atom. The number of aliphatic hydroxyl groups excluding tert-OH is 1. The van der Waals surface area contributed by atoms with Gasteiger partial charge in [-0.1, -0.05) is 389 Å². The molecule has 618 valence electrons. The van der Waals surface area contributed by atoms with Crippen molar-refractivity contribution in [2.75, 3.05) is 39.6 Å². The van der Waals surface area contributed by atoms with Gasteiger partial charge in [0, 0.05) is 25.7 Å². The van der Waals surface area contributed by atoms with Gasteiger partial charge in [-0.25, -0.2) is 9.13 Å². The summed E-state index contributed by atoms with van der Waals surface area (Å²) < 4.78 is 68.9. The smallest absolute Gasteiger partial charge is 0.462 e. The Bertz CT molecular complexity index is 2020. The number of esters is 4. The minimum atomic E-state index is -4.97. The van der Waals surface area contributed by atoms with Crippen molar-refractivity contribution in [3.8, 4) is 0 Å². The van der Waals surface area contributed by atoms with Crippen LogP contribution in [-0.2, 0) is 65.4 Å². The molecule has 0 aromatic carbocycles. The summed E-state index contributed by atoms with van der Waals surface area (Å²) in [5.41, 5.74) is 0. The van der Waals surface area contributed by atoms with Gasteiger partial charge in [-0.05, 0) is 49.4 Å². The molecule has 0 saturated heterocycles. The SMILES string of the molecule is CC(C)CCCCCCCCCCCCCCCCCCC(=O)O[C@H](COC(=O)CCCCCCCCCCCCCCCCCC(C)C)COP(=O)(O)OCC(O)COP(=O)(O)OC[C@@H](COC(=O)CCCCCCCCCC(C)C)OC(=O)CCCCCCCCCCCCCCCCC(C)C. The van der Waals surface area contributed by atoms with Crippen molar-refractivity contribution >= 4 is 39.5 Å². The fourth-order valence-electron chi connectivity index (χ4n) is 13.1. The van der Waals surface area contributed by atoms with E-state index >= 15 is 0 Å². The van der Waals surface area contributed by atoms with Crippen LogP contribution in [-0.4, -0.2) is 96.7 Å². The van der Waals surface area contributed by atoms with Crippen LogP contribution in [0.1, 0.15) is 441 Å². The molecule has 0 aliphatic heterocycles. The number of carbonyl (C=O) groups excluding carboxylic acids is 4. The summed E-state index contributed by atoms with van der Waals surface area (Å²) in [6.45, 7) is 14.3. The molecule has 19 heteroatoms. The summed E-state index contributed by atoms with van der Waals surface area (Å²) in [5, 5.41) is 10.7. The second kappa shape index (κ2) is 73.8. The highest BCUT2D eigenvalue weighted by Crippen LogP contribution is 2.45. The zero-order chi connectivity index (χ0) is 76.7. The molecule has 0 heterocycles. The highest BCUT2D eigenvalue weighted by Gasteiger charge is 2.30. The van der Waals surface area contributed by atoms with Gasteiger partial charge in [-0.15, -0.1) is 0 Å². The van der Waals surface area contributed by atoms with Gasteiger partial charge in [0.25, 0.3) is 0 Å². The Kier molecular flexibility index (Phi) is 72.5. The lowest BCUT2D eigenvalue weighted by Gasteiger charge is -2.21. The number of carbonyl (C=O) groups is 4. The Morgan fingerprint density at radius 1 is 0.240 bits per heavy atom. The van der Waals surface area contributed by atoms with E-state index in [9.17, 15) is 43.2 Å². The standard InChI is InChI=1S/C85H166O17P2/c1-75(2)61-53-45-37-30-24-18-12-9-10-14-22-28-34-42-51-59-67-84(89)101-80(71-95-82(87)65-57-49-41-33-27-21-15-11-13-19-25-31-38-46-54-62-76(3)4)73-99-103(91,92)97-69-79(86)70-98-104(93,94)100-74-81(72-96-83(88)66-58-50-44-36-40-48-56-64-78(7)8)102-85(90)68-60-52-43-35-29-23-17-16-20-26-32-39-47-55-63-77(5)6/h75-81,86H,9-74H2,1-8H3,(H,91,92)(H,93,94)/t79?,80-,81-/m1/s1. The van der Waals surface area contributed by atoms with Crippen LogP contribution in [0.25, 0.3) is 0 Å². The van der Waals surface area contributed by atoms with Gasteiger partial charge in [0.2, 0.25) is 0 Å². The van der Waals surface area contributed by atoms with Crippen LogP contribution in [0.3, 0.4) is 0 Å². The molecule has 0 amide bonds. The Balaban J connectivity index is 5.24. The molecule has 0 spiro atoms. The van der Waals surface area contributed by atoms with Crippen molar-refractivity contribution in [3.05, 3.63) is 0 Å². The molecule has 0 bridgehead atoms. The zero-order valence-electron chi connectivity index (χ0n) is 68.7. The number of phosphoric acid groups is 2. The van der Waals surface area contributed by atoms with Gasteiger partial charge in [-0.2, -0.15) is 0 Å². The van der Waals surface area contributed by atoms with Crippen LogP contribution in [0.2, 0.25) is 0 Å². The number of ether oxygens (including phenoxy) is 4. The number of unbranched alkanes of at least 4 members (excludes halogenated alkanes) is 48. The van der Waals surface area contributed by atoms with E-state index < -0.39 is 97.5 Å². The molecule has 5 atom stereocenters. The molecule has 0 aliphatic carbocycles. The summed E-state index contributed by atoms with van der Waals surface area (Å²) >= 11 is 0. The summed E-state index contributed by atoms with van der Waals surface area (Å²) in [7, 11) is -9.93. The molecule has 0 fully saturated rings. The third-order valence-electron chi connectivity index (χ3n) is 19.8. The summed E-state index contributed by atoms with van der Waals surface area (Å²) in [6, 6.07) is 0. The van der Waals surface area contributed by atoms with E-state index in [1.807, 2.05) is 0 Å². The molecule has 0 aromatic rings. The van der Waals surface area contributed by atoms with E-state index in [0.29, 0.717) is 31.6 Å². The first-order valence-electron chi connectivity index (χ1n) is 43.7. The largest absolute Gasteiger partial charge is 0.472 e. The lowest BCUT2D eigenvalue weighted by atomic mass is 10.0. The zero-order valence-corrected chi connectivity index (χ0v) is 70.5. The van der Waals surface area contributed by atoms with Crippen LogP contribution in [0.5, 0.6) is 0 Å². The first-order valence-corrected chi connectivity index (χ1v) is 46.7. The van der Waals surface area contributed by atoms with Crippen molar-refractivity contribution in [2.24, 2.45) is 23.7 Å². The molecule has 0 rings (SSSR count). The topological polar surface area (TPSA) is 237 Å². The van der Waals surface area contributed by atoms with Crippen molar-refractivity contribution in [3.63, 3.8) is 0 Å². The Morgan fingerprint density at radius 2 is 0.404 bits per heavy atom.